The molecule has 1 heterocycles. The fourth-order valence-corrected chi connectivity index (χ4v) is 2.42. The van der Waals surface area contributed by atoms with Gasteiger partial charge in [-0.15, -0.1) is 0 Å². The van der Waals surface area contributed by atoms with Gasteiger partial charge in [-0.2, -0.15) is 0 Å². The Balaban J connectivity index is 2.31. The van der Waals surface area contributed by atoms with Crippen LogP contribution in [0.5, 0.6) is 0 Å². The molecule has 0 atom stereocenters. The molecule has 0 unspecified atom stereocenters. The first-order chi connectivity index (χ1) is 10.0. The van der Waals surface area contributed by atoms with Gasteiger partial charge in [0.1, 0.15) is 17.5 Å². The Morgan fingerprint density at radius 2 is 2.10 bits per heavy atom. The average molecular weight is 373 g/mol. The third-order valence-electron chi connectivity index (χ3n) is 2.99. The summed E-state index contributed by atoms with van der Waals surface area (Å²) in [7, 11) is 0. The highest BCUT2D eigenvalue weighted by molar-refractivity contribution is 9.10. The quantitative estimate of drug-likeness (QED) is 0.823. The molecule has 1 N–H and O–H groups in total. The lowest BCUT2D eigenvalue weighted by Gasteiger charge is -2.11. The second kappa shape index (κ2) is 7.18. The van der Waals surface area contributed by atoms with E-state index < -0.39 is 5.82 Å². The average Bonchev–Trinajstić information content (AvgIpc) is 2.46. The minimum Gasteiger partial charge on any atom is -0.369 e. The highest BCUT2D eigenvalue weighted by Crippen LogP contribution is 2.25. The normalized spacial score (nSPS) is 10.7. The maximum absolute atomic E-state index is 14.0. The molecule has 0 aliphatic rings. The number of aryl methyl sites for hydroxylation is 1. The molecule has 0 bridgehead atoms. The van der Waals surface area contributed by atoms with Crippen LogP contribution in [0.1, 0.15) is 30.4 Å². The summed E-state index contributed by atoms with van der Waals surface area (Å²) in [5.41, 5.74) is 1.31. The molecule has 112 valence electrons. The Morgan fingerprint density at radius 1 is 1.33 bits per heavy atom. The van der Waals surface area contributed by atoms with Gasteiger partial charge in [-0.25, -0.2) is 14.4 Å². The van der Waals surface area contributed by atoms with E-state index >= 15 is 0 Å². The lowest BCUT2D eigenvalue weighted by molar-refractivity contribution is 0.612. The third-order valence-corrected chi connectivity index (χ3v) is 4.23. The largest absolute Gasteiger partial charge is 0.369 e. The molecule has 0 fully saturated rings. The van der Waals surface area contributed by atoms with Gasteiger partial charge in [-0.1, -0.05) is 30.7 Å². The minimum absolute atomic E-state index is 0.116. The van der Waals surface area contributed by atoms with E-state index in [1.165, 1.54) is 6.07 Å². The molecule has 0 saturated carbocycles. The second-order valence-electron chi connectivity index (χ2n) is 4.70. The van der Waals surface area contributed by atoms with Crippen LogP contribution in [-0.4, -0.2) is 16.5 Å². The lowest BCUT2D eigenvalue weighted by Crippen LogP contribution is -2.08. The number of nitrogens with zero attached hydrogens (tertiary/aromatic N) is 2. The molecule has 21 heavy (non-hydrogen) atoms. The number of hydrogen-bond acceptors (Lipinski definition) is 3. The zero-order valence-electron chi connectivity index (χ0n) is 11.9. The summed E-state index contributed by atoms with van der Waals surface area (Å²) in [5, 5.41) is 3.35. The van der Waals surface area contributed by atoms with Crippen molar-refractivity contribution < 1.29 is 4.39 Å². The fourth-order valence-electron chi connectivity index (χ4n) is 1.91. The third kappa shape index (κ3) is 3.92. The van der Waals surface area contributed by atoms with Crippen molar-refractivity contribution in [3.8, 4) is 0 Å². The van der Waals surface area contributed by atoms with Crippen molar-refractivity contribution in [3.63, 3.8) is 0 Å². The van der Waals surface area contributed by atoms with Crippen LogP contribution < -0.4 is 5.32 Å². The zero-order valence-corrected chi connectivity index (χ0v) is 14.2. The first-order valence-electron chi connectivity index (χ1n) is 6.72. The Bertz CT molecular complexity index is 649. The van der Waals surface area contributed by atoms with Crippen molar-refractivity contribution in [3.05, 3.63) is 50.6 Å². The van der Waals surface area contributed by atoms with E-state index in [0.29, 0.717) is 17.8 Å². The van der Waals surface area contributed by atoms with Crippen molar-refractivity contribution in [1.29, 1.82) is 0 Å². The maximum Gasteiger partial charge on any atom is 0.145 e. The van der Waals surface area contributed by atoms with Crippen LogP contribution in [0.3, 0.4) is 0 Å². The van der Waals surface area contributed by atoms with Gasteiger partial charge in [-0.3, -0.25) is 0 Å². The van der Waals surface area contributed by atoms with E-state index in [-0.39, 0.29) is 5.02 Å². The van der Waals surface area contributed by atoms with Gasteiger partial charge < -0.3 is 5.32 Å². The molecular weight excluding hydrogens is 357 g/mol. The molecule has 0 spiro atoms. The summed E-state index contributed by atoms with van der Waals surface area (Å²) in [4.78, 5) is 8.86. The Morgan fingerprint density at radius 3 is 2.81 bits per heavy atom. The summed E-state index contributed by atoms with van der Waals surface area (Å²) in [6, 6.07) is 4.95. The first kappa shape index (κ1) is 16.2. The van der Waals surface area contributed by atoms with E-state index in [9.17, 15) is 4.39 Å². The molecule has 2 rings (SSSR count). The SMILES string of the molecule is CCCNc1nc(Cc2cccc(Cl)c2F)nc(C)c1Br. The van der Waals surface area contributed by atoms with E-state index in [1.54, 1.807) is 12.1 Å². The van der Waals surface area contributed by atoms with E-state index in [0.717, 1.165) is 29.0 Å². The first-order valence-corrected chi connectivity index (χ1v) is 7.89. The molecule has 0 aliphatic heterocycles. The smallest absolute Gasteiger partial charge is 0.145 e. The van der Waals surface area contributed by atoms with Crippen LogP contribution in [0.25, 0.3) is 0 Å². The molecule has 1 aromatic heterocycles. The predicted molar refractivity (Wildman–Crippen MR) is 87.5 cm³/mol. The predicted octanol–water partition coefficient (Wildman–Crippen LogP) is 4.75. The summed E-state index contributed by atoms with van der Waals surface area (Å²) >= 11 is 9.27. The highest BCUT2D eigenvalue weighted by atomic mass is 79.9. The van der Waals surface area contributed by atoms with Gasteiger partial charge in [-0.05, 0) is 40.9 Å². The van der Waals surface area contributed by atoms with E-state index in [4.69, 9.17) is 11.6 Å². The van der Waals surface area contributed by atoms with Crippen LogP contribution in [0.4, 0.5) is 10.2 Å². The number of hydrogen-bond donors (Lipinski definition) is 1. The second-order valence-corrected chi connectivity index (χ2v) is 5.90. The van der Waals surface area contributed by atoms with Crippen LogP contribution in [-0.2, 0) is 6.42 Å². The van der Waals surface area contributed by atoms with Gasteiger partial charge in [0.2, 0.25) is 0 Å². The summed E-state index contributed by atoms with van der Waals surface area (Å²) < 4.78 is 14.8. The van der Waals surface area contributed by atoms with Gasteiger partial charge in [0.05, 0.1) is 15.2 Å². The summed E-state index contributed by atoms with van der Waals surface area (Å²) in [6.07, 6.45) is 1.30. The van der Waals surface area contributed by atoms with Crippen molar-refractivity contribution in [1.82, 2.24) is 9.97 Å². The van der Waals surface area contributed by atoms with Crippen molar-refractivity contribution in [2.24, 2.45) is 0 Å². The van der Waals surface area contributed by atoms with Crippen LogP contribution in [0.2, 0.25) is 5.02 Å². The molecule has 6 heteroatoms. The number of rotatable bonds is 5. The molecule has 2 aromatic rings. The van der Waals surface area contributed by atoms with Crippen molar-refractivity contribution in [2.45, 2.75) is 26.7 Å². The van der Waals surface area contributed by atoms with Crippen molar-refractivity contribution >= 4 is 33.3 Å². The lowest BCUT2D eigenvalue weighted by atomic mass is 10.1. The van der Waals surface area contributed by atoms with E-state index in [1.807, 2.05) is 6.92 Å². The van der Waals surface area contributed by atoms with Crippen molar-refractivity contribution in [2.75, 3.05) is 11.9 Å². The highest BCUT2D eigenvalue weighted by Gasteiger charge is 2.12. The minimum atomic E-state index is -0.411. The van der Waals surface area contributed by atoms with Gasteiger partial charge in [0.15, 0.2) is 0 Å². The number of anilines is 1. The molecule has 0 amide bonds. The van der Waals surface area contributed by atoms with Crippen LogP contribution in [0, 0.1) is 12.7 Å². The zero-order chi connectivity index (χ0) is 15.4. The van der Waals surface area contributed by atoms with Crippen LogP contribution in [0.15, 0.2) is 22.7 Å². The monoisotopic (exact) mass is 371 g/mol. The van der Waals surface area contributed by atoms with Crippen LogP contribution >= 0.6 is 27.5 Å². The fraction of sp³-hybridized carbons (Fsp3) is 0.333. The summed E-state index contributed by atoms with van der Waals surface area (Å²) in [5.74, 6) is 0.892. The van der Waals surface area contributed by atoms with Gasteiger partial charge >= 0.3 is 0 Å². The number of benzene rings is 1. The molecule has 0 radical (unpaired) electrons. The van der Waals surface area contributed by atoms with E-state index in [2.05, 4.69) is 38.1 Å². The number of aromatic nitrogens is 2. The number of halogens is 3. The van der Waals surface area contributed by atoms with Gasteiger partial charge in [0, 0.05) is 13.0 Å². The summed E-state index contributed by atoms with van der Waals surface area (Å²) in [6.45, 7) is 4.79. The molecule has 3 nitrogen and oxygen atoms in total. The standard InChI is InChI=1S/C15H16BrClFN3/c1-3-7-19-15-13(16)9(2)20-12(21-15)8-10-5-4-6-11(17)14(10)18/h4-6H,3,7-8H2,1-2H3,(H,19,20,21). The molecule has 0 aliphatic carbocycles. The molecule has 0 saturated heterocycles. The Hall–Kier alpha value is -1.20. The molecule has 1 aromatic carbocycles. The topological polar surface area (TPSA) is 37.8 Å². The molecular formula is C15H16BrClFN3. The number of nitrogens with one attached hydrogen (secondary N) is 1. The Labute approximate surface area is 137 Å². The van der Waals surface area contributed by atoms with Gasteiger partial charge in [0.25, 0.3) is 0 Å². The maximum atomic E-state index is 14.0. The Kier molecular flexibility index (Phi) is 5.53.